The minimum atomic E-state index is -0.674. The second kappa shape index (κ2) is 6.75. The molecule has 4 rings (SSSR count). The molecule has 0 bridgehead atoms. The second-order valence-electron chi connectivity index (χ2n) is 7.63. The van der Waals surface area contributed by atoms with E-state index in [1.54, 1.807) is 7.11 Å². The Morgan fingerprint density at radius 3 is 2.92 bits per heavy atom. The first-order valence-electron chi connectivity index (χ1n) is 9.44. The van der Waals surface area contributed by atoms with Crippen molar-refractivity contribution in [3.05, 3.63) is 18.2 Å². The van der Waals surface area contributed by atoms with E-state index in [-0.39, 0.29) is 0 Å². The number of aliphatic hydroxyl groups is 1. The van der Waals surface area contributed by atoms with Crippen LogP contribution in [-0.4, -0.2) is 24.2 Å². The van der Waals surface area contributed by atoms with Crippen molar-refractivity contribution in [3.8, 4) is 5.75 Å². The van der Waals surface area contributed by atoms with Gasteiger partial charge in [0.15, 0.2) is 6.23 Å². The molecule has 1 aromatic carbocycles. The fourth-order valence-corrected chi connectivity index (χ4v) is 4.56. The summed E-state index contributed by atoms with van der Waals surface area (Å²) in [7, 11) is 1.64. The SMILES string of the molecule is COc1ccc2c(c1)NC(O)C(CCCCC[C@H]1CCC3CC31)=N2. The number of anilines is 1. The van der Waals surface area contributed by atoms with Crippen molar-refractivity contribution in [1.82, 2.24) is 0 Å². The normalized spacial score (nSPS) is 30.2. The van der Waals surface area contributed by atoms with E-state index in [1.165, 1.54) is 38.5 Å². The number of aliphatic hydroxyl groups excluding tert-OH is 1. The van der Waals surface area contributed by atoms with E-state index in [1.807, 2.05) is 18.2 Å². The molecule has 4 nitrogen and oxygen atoms in total. The Balaban J connectivity index is 1.25. The molecule has 2 fully saturated rings. The Morgan fingerprint density at radius 1 is 1.25 bits per heavy atom. The summed E-state index contributed by atoms with van der Waals surface area (Å²) in [5.74, 6) is 3.99. The third kappa shape index (κ3) is 3.30. The zero-order chi connectivity index (χ0) is 16.5. The van der Waals surface area contributed by atoms with Crippen molar-refractivity contribution < 1.29 is 9.84 Å². The van der Waals surface area contributed by atoms with E-state index in [9.17, 15) is 5.11 Å². The standard InChI is InChI=1S/C20H28N2O2/c1-24-15-9-10-17-19(12-15)22-20(23)18(21-17)6-4-2-3-5-13-7-8-14-11-16(13)14/h9-10,12-14,16,20,22-23H,2-8,11H2,1H3/t13-,14?,16?,20?/m0/s1. The van der Waals surface area contributed by atoms with E-state index in [2.05, 4.69) is 10.3 Å². The summed E-state index contributed by atoms with van der Waals surface area (Å²) >= 11 is 0. The summed E-state index contributed by atoms with van der Waals surface area (Å²) in [6.07, 6.45) is 9.79. The van der Waals surface area contributed by atoms with Crippen LogP contribution in [0.2, 0.25) is 0 Å². The van der Waals surface area contributed by atoms with Gasteiger partial charge in [0.05, 0.1) is 24.2 Å². The number of rotatable bonds is 7. The van der Waals surface area contributed by atoms with Crippen molar-refractivity contribution >= 4 is 17.1 Å². The van der Waals surface area contributed by atoms with Crippen molar-refractivity contribution in [2.24, 2.45) is 22.7 Å². The molecule has 4 heteroatoms. The van der Waals surface area contributed by atoms with Crippen molar-refractivity contribution in [1.29, 1.82) is 0 Å². The van der Waals surface area contributed by atoms with E-state index < -0.39 is 6.23 Å². The first kappa shape index (κ1) is 15.9. The predicted octanol–water partition coefficient (Wildman–Crippen LogP) is 4.51. The number of ether oxygens (including phenoxy) is 1. The number of hydrogen-bond acceptors (Lipinski definition) is 4. The van der Waals surface area contributed by atoms with Gasteiger partial charge in [-0.05, 0) is 62.0 Å². The average molecular weight is 328 g/mol. The molecule has 0 aromatic heterocycles. The molecule has 24 heavy (non-hydrogen) atoms. The highest BCUT2D eigenvalue weighted by Gasteiger charge is 2.47. The van der Waals surface area contributed by atoms with Gasteiger partial charge in [0, 0.05) is 6.07 Å². The molecule has 3 unspecified atom stereocenters. The van der Waals surface area contributed by atoms with Crippen LogP contribution in [0.15, 0.2) is 23.2 Å². The Kier molecular flexibility index (Phi) is 4.49. The molecule has 4 atom stereocenters. The van der Waals surface area contributed by atoms with Gasteiger partial charge in [-0.3, -0.25) is 4.99 Å². The average Bonchev–Trinajstić information content (AvgIpc) is 3.27. The highest BCUT2D eigenvalue weighted by Crippen LogP contribution is 2.56. The fraction of sp³-hybridized carbons (Fsp3) is 0.650. The van der Waals surface area contributed by atoms with Gasteiger partial charge in [-0.15, -0.1) is 0 Å². The van der Waals surface area contributed by atoms with Crippen LogP contribution in [0.5, 0.6) is 5.75 Å². The predicted molar refractivity (Wildman–Crippen MR) is 97.1 cm³/mol. The largest absolute Gasteiger partial charge is 0.497 e. The molecule has 2 saturated carbocycles. The molecule has 3 aliphatic rings. The van der Waals surface area contributed by atoms with Crippen LogP contribution in [0.25, 0.3) is 0 Å². The lowest BCUT2D eigenvalue weighted by Gasteiger charge is -2.23. The van der Waals surface area contributed by atoms with Crippen LogP contribution in [-0.2, 0) is 0 Å². The molecular weight excluding hydrogens is 300 g/mol. The molecule has 0 spiro atoms. The van der Waals surface area contributed by atoms with Gasteiger partial charge < -0.3 is 15.2 Å². The Hall–Kier alpha value is -1.55. The van der Waals surface area contributed by atoms with Crippen LogP contribution < -0.4 is 10.1 Å². The number of nitrogens with zero attached hydrogens (tertiary/aromatic N) is 1. The number of aliphatic imine (C=N–C) groups is 1. The Labute approximate surface area is 144 Å². The Morgan fingerprint density at radius 2 is 2.17 bits per heavy atom. The zero-order valence-corrected chi connectivity index (χ0v) is 14.5. The lowest BCUT2D eigenvalue weighted by Crippen LogP contribution is -2.31. The molecule has 1 aromatic rings. The molecule has 1 heterocycles. The third-order valence-corrected chi connectivity index (χ3v) is 6.07. The first-order valence-corrected chi connectivity index (χ1v) is 9.44. The van der Waals surface area contributed by atoms with Crippen molar-refractivity contribution in [3.63, 3.8) is 0 Å². The summed E-state index contributed by atoms with van der Waals surface area (Å²) in [5, 5.41) is 13.4. The molecule has 130 valence electrons. The summed E-state index contributed by atoms with van der Waals surface area (Å²) in [6.45, 7) is 0. The number of methoxy groups -OCH3 is 1. The summed E-state index contributed by atoms with van der Waals surface area (Å²) < 4.78 is 5.22. The maximum Gasteiger partial charge on any atom is 0.164 e. The summed E-state index contributed by atoms with van der Waals surface area (Å²) in [4.78, 5) is 4.64. The maximum absolute atomic E-state index is 10.3. The summed E-state index contributed by atoms with van der Waals surface area (Å²) in [6, 6.07) is 5.73. The number of hydrogen-bond donors (Lipinski definition) is 2. The number of fused-ring (bicyclic) bond motifs is 2. The molecule has 2 N–H and O–H groups in total. The van der Waals surface area contributed by atoms with Crippen LogP contribution >= 0.6 is 0 Å². The number of nitrogens with one attached hydrogen (secondary N) is 1. The smallest absolute Gasteiger partial charge is 0.164 e. The number of unbranched alkanes of at least 4 members (excludes halogenated alkanes) is 2. The van der Waals surface area contributed by atoms with Crippen LogP contribution in [0.4, 0.5) is 11.4 Å². The van der Waals surface area contributed by atoms with Gasteiger partial charge in [-0.25, -0.2) is 0 Å². The topological polar surface area (TPSA) is 53.8 Å². The second-order valence-corrected chi connectivity index (χ2v) is 7.63. The van der Waals surface area contributed by atoms with E-state index >= 15 is 0 Å². The molecule has 0 amide bonds. The molecule has 0 saturated heterocycles. The van der Waals surface area contributed by atoms with Crippen LogP contribution in [0.3, 0.4) is 0 Å². The quantitative estimate of drug-likeness (QED) is 0.724. The molecule has 2 aliphatic carbocycles. The van der Waals surface area contributed by atoms with E-state index in [4.69, 9.17) is 4.74 Å². The molecular formula is C20H28N2O2. The highest BCUT2D eigenvalue weighted by molar-refractivity contribution is 5.97. The first-order chi connectivity index (χ1) is 11.7. The van der Waals surface area contributed by atoms with Crippen molar-refractivity contribution in [2.45, 2.75) is 57.6 Å². The van der Waals surface area contributed by atoms with Gasteiger partial charge in [-0.2, -0.15) is 0 Å². The van der Waals surface area contributed by atoms with Gasteiger partial charge >= 0.3 is 0 Å². The molecule has 1 aliphatic heterocycles. The van der Waals surface area contributed by atoms with Crippen LogP contribution in [0, 0.1) is 17.8 Å². The maximum atomic E-state index is 10.3. The van der Waals surface area contributed by atoms with Gasteiger partial charge in [-0.1, -0.05) is 19.3 Å². The Bertz CT molecular complexity index is 628. The zero-order valence-electron chi connectivity index (χ0n) is 14.5. The monoisotopic (exact) mass is 328 g/mol. The van der Waals surface area contributed by atoms with Crippen molar-refractivity contribution in [2.75, 3.05) is 12.4 Å². The number of benzene rings is 1. The van der Waals surface area contributed by atoms with Gasteiger partial charge in [0.25, 0.3) is 0 Å². The van der Waals surface area contributed by atoms with E-state index in [0.717, 1.165) is 53.4 Å². The summed E-state index contributed by atoms with van der Waals surface area (Å²) in [5.41, 5.74) is 2.59. The fourth-order valence-electron chi connectivity index (χ4n) is 4.56. The minimum absolute atomic E-state index is 0.674. The van der Waals surface area contributed by atoms with Crippen LogP contribution in [0.1, 0.15) is 51.4 Å². The minimum Gasteiger partial charge on any atom is -0.497 e. The van der Waals surface area contributed by atoms with Gasteiger partial charge in [0.2, 0.25) is 0 Å². The lowest BCUT2D eigenvalue weighted by atomic mass is 9.95. The molecule has 0 radical (unpaired) electrons. The van der Waals surface area contributed by atoms with Gasteiger partial charge in [0.1, 0.15) is 5.75 Å². The third-order valence-electron chi connectivity index (χ3n) is 6.07. The lowest BCUT2D eigenvalue weighted by molar-refractivity contribution is 0.266. The van der Waals surface area contributed by atoms with E-state index in [0.29, 0.717) is 0 Å². The highest BCUT2D eigenvalue weighted by atomic mass is 16.5.